The van der Waals surface area contributed by atoms with Gasteiger partial charge in [0.25, 0.3) is 0 Å². The van der Waals surface area contributed by atoms with E-state index in [1.807, 2.05) is 0 Å². The minimum atomic E-state index is -0.159. The molecule has 0 saturated carbocycles. The summed E-state index contributed by atoms with van der Waals surface area (Å²) < 4.78 is 0. The fourth-order valence-electron chi connectivity index (χ4n) is 3.29. The Morgan fingerprint density at radius 1 is 0.789 bits per heavy atom. The molecule has 0 saturated heterocycles. The molecule has 0 atom stereocenters. The summed E-state index contributed by atoms with van der Waals surface area (Å²) in [6.45, 7) is 22.5. The van der Waals surface area contributed by atoms with Gasteiger partial charge < -0.3 is 0 Å². The molecule has 19 heavy (non-hydrogen) atoms. The van der Waals surface area contributed by atoms with Gasteiger partial charge in [-0.2, -0.15) is 0 Å². The van der Waals surface area contributed by atoms with Crippen molar-refractivity contribution in [1.82, 2.24) is 9.80 Å². The van der Waals surface area contributed by atoms with E-state index < -0.39 is 0 Å². The summed E-state index contributed by atoms with van der Waals surface area (Å²) >= 11 is 0. The predicted octanol–water partition coefficient (Wildman–Crippen LogP) is 3.28. The van der Waals surface area contributed by atoms with Gasteiger partial charge in [-0.1, -0.05) is 0 Å². The van der Waals surface area contributed by atoms with Crippen LogP contribution >= 0.6 is 0 Å². The molecule has 0 heterocycles. The van der Waals surface area contributed by atoms with Crippen molar-refractivity contribution < 1.29 is 0 Å². The molecular weight excluding hydrogens is 248 g/mol. The summed E-state index contributed by atoms with van der Waals surface area (Å²) in [7, 11) is -0.159. The highest BCUT2D eigenvalue weighted by Gasteiger charge is 2.31. The van der Waals surface area contributed by atoms with Gasteiger partial charge in [0, 0.05) is 33.7 Å². The molecule has 3 heteroatoms. The molecule has 0 bridgehead atoms. The zero-order valence-corrected chi connectivity index (χ0v) is 15.9. The number of rotatable bonds is 9. The molecule has 0 unspecified atom stereocenters. The van der Waals surface area contributed by atoms with Crippen molar-refractivity contribution in [1.29, 1.82) is 0 Å². The van der Waals surface area contributed by atoms with Crippen LogP contribution in [0.1, 0.15) is 55.4 Å². The lowest BCUT2D eigenvalue weighted by Gasteiger charge is -2.47. The Morgan fingerprint density at radius 2 is 1.11 bits per heavy atom. The maximum atomic E-state index is 3.96. The zero-order chi connectivity index (χ0) is 15.2. The van der Waals surface area contributed by atoms with Gasteiger partial charge in [0.05, 0.1) is 6.17 Å². The third kappa shape index (κ3) is 5.80. The Hall–Kier alpha value is -0.123. The van der Waals surface area contributed by atoms with Gasteiger partial charge in [-0.05, 0) is 61.4 Å². The van der Waals surface area contributed by atoms with Gasteiger partial charge in [0.2, 0.25) is 0 Å². The van der Waals surface area contributed by atoms with Crippen LogP contribution in [0.25, 0.3) is 0 Å². The van der Waals surface area contributed by atoms with Gasteiger partial charge in [0.1, 0.15) is 0 Å². The standard InChI is InChI=1S/C16H36N2Si/c1-10-19-11-16(17(12(2)3)13(4)5)18(14(6)7)15(8)9/h10,12-16H,1,11,19H2,2-9H3. The van der Waals surface area contributed by atoms with Crippen LogP contribution in [0.2, 0.25) is 6.04 Å². The van der Waals surface area contributed by atoms with Gasteiger partial charge >= 0.3 is 0 Å². The van der Waals surface area contributed by atoms with E-state index in [-0.39, 0.29) is 9.52 Å². The molecule has 0 aliphatic rings. The zero-order valence-electron chi connectivity index (χ0n) is 14.5. The minimum absolute atomic E-state index is 0.159. The molecule has 0 aromatic heterocycles. The molecule has 0 fully saturated rings. The highest BCUT2D eigenvalue weighted by molar-refractivity contribution is 6.41. The molecular formula is C16H36N2Si. The second-order valence-electron chi connectivity index (χ2n) is 6.62. The molecule has 0 rings (SSSR count). The van der Waals surface area contributed by atoms with E-state index in [1.54, 1.807) is 0 Å². The van der Waals surface area contributed by atoms with Crippen molar-refractivity contribution in [3.63, 3.8) is 0 Å². The minimum Gasteiger partial charge on any atom is -0.283 e. The van der Waals surface area contributed by atoms with Crippen molar-refractivity contribution in [2.45, 2.75) is 91.8 Å². The summed E-state index contributed by atoms with van der Waals surface area (Å²) in [4.78, 5) is 5.35. The lowest BCUT2D eigenvalue weighted by Crippen LogP contribution is -2.58. The first-order valence-electron chi connectivity index (χ1n) is 7.89. The SMILES string of the molecule is C=C[SiH2]CC(N(C(C)C)C(C)C)N(C(C)C)C(C)C. The average Bonchev–Trinajstić information content (AvgIpc) is 2.23. The van der Waals surface area contributed by atoms with E-state index in [0.29, 0.717) is 30.3 Å². The summed E-state index contributed by atoms with van der Waals surface area (Å²) in [6, 6.07) is 3.65. The molecule has 0 amide bonds. The van der Waals surface area contributed by atoms with E-state index in [1.165, 1.54) is 6.04 Å². The van der Waals surface area contributed by atoms with Crippen LogP contribution < -0.4 is 0 Å². The maximum Gasteiger partial charge on any atom is 0.0605 e. The number of nitrogens with zero attached hydrogens (tertiary/aromatic N) is 2. The van der Waals surface area contributed by atoms with E-state index in [2.05, 4.69) is 77.5 Å². The summed E-state index contributed by atoms with van der Waals surface area (Å²) in [5.41, 5.74) is 2.19. The van der Waals surface area contributed by atoms with E-state index in [0.717, 1.165) is 0 Å². The smallest absolute Gasteiger partial charge is 0.0605 e. The van der Waals surface area contributed by atoms with E-state index in [9.17, 15) is 0 Å². The number of hydrogen-bond acceptors (Lipinski definition) is 2. The fraction of sp³-hybridized carbons (Fsp3) is 0.875. The molecule has 0 radical (unpaired) electrons. The van der Waals surface area contributed by atoms with Crippen molar-refractivity contribution >= 4 is 9.52 Å². The van der Waals surface area contributed by atoms with Gasteiger partial charge in [-0.25, -0.2) is 0 Å². The Kier molecular flexibility index (Phi) is 8.87. The van der Waals surface area contributed by atoms with Crippen molar-refractivity contribution in [3.05, 3.63) is 12.3 Å². The lowest BCUT2D eigenvalue weighted by atomic mass is 10.1. The Bertz CT molecular complexity index is 213. The van der Waals surface area contributed by atoms with Crippen LogP contribution in [-0.2, 0) is 0 Å². The van der Waals surface area contributed by atoms with Crippen molar-refractivity contribution in [3.8, 4) is 0 Å². The summed E-state index contributed by atoms with van der Waals surface area (Å²) in [5.74, 6) is 0. The van der Waals surface area contributed by atoms with E-state index in [4.69, 9.17) is 0 Å². The quantitative estimate of drug-likeness (QED) is 0.473. The topological polar surface area (TPSA) is 6.48 Å². The first-order valence-corrected chi connectivity index (χ1v) is 9.71. The van der Waals surface area contributed by atoms with Crippen LogP contribution in [0, 0.1) is 0 Å². The Morgan fingerprint density at radius 3 is 1.32 bits per heavy atom. The molecule has 0 aromatic carbocycles. The van der Waals surface area contributed by atoms with Gasteiger partial charge in [-0.15, -0.1) is 12.3 Å². The average molecular weight is 285 g/mol. The molecule has 0 aliphatic carbocycles. The largest absolute Gasteiger partial charge is 0.283 e. The van der Waals surface area contributed by atoms with Crippen LogP contribution in [0.5, 0.6) is 0 Å². The first-order chi connectivity index (χ1) is 8.73. The molecule has 2 nitrogen and oxygen atoms in total. The monoisotopic (exact) mass is 284 g/mol. The Balaban J connectivity index is 5.29. The molecule has 0 N–H and O–H groups in total. The third-order valence-corrected chi connectivity index (χ3v) is 4.96. The van der Waals surface area contributed by atoms with Gasteiger partial charge in [0.15, 0.2) is 0 Å². The molecule has 0 aliphatic heterocycles. The first kappa shape index (κ1) is 18.9. The molecule has 114 valence electrons. The molecule has 0 spiro atoms. The third-order valence-electron chi connectivity index (χ3n) is 3.70. The second-order valence-corrected chi connectivity index (χ2v) is 8.35. The van der Waals surface area contributed by atoms with Crippen LogP contribution in [0.4, 0.5) is 0 Å². The highest BCUT2D eigenvalue weighted by atomic mass is 28.2. The van der Waals surface area contributed by atoms with Crippen LogP contribution in [0.3, 0.4) is 0 Å². The lowest BCUT2D eigenvalue weighted by molar-refractivity contribution is -0.0238. The number of hydrogen-bond donors (Lipinski definition) is 0. The molecule has 0 aromatic rings. The fourth-order valence-corrected chi connectivity index (χ4v) is 4.42. The summed E-state index contributed by atoms with van der Waals surface area (Å²) in [5, 5.41) is 0. The van der Waals surface area contributed by atoms with Gasteiger partial charge in [-0.3, -0.25) is 9.80 Å². The Labute approximate surface area is 124 Å². The van der Waals surface area contributed by atoms with E-state index >= 15 is 0 Å². The van der Waals surface area contributed by atoms with Crippen molar-refractivity contribution in [2.75, 3.05) is 0 Å². The normalized spacial score (nSPS) is 13.6. The van der Waals surface area contributed by atoms with Crippen LogP contribution in [0.15, 0.2) is 12.3 Å². The van der Waals surface area contributed by atoms with Crippen molar-refractivity contribution in [2.24, 2.45) is 0 Å². The summed E-state index contributed by atoms with van der Waals surface area (Å²) in [6.07, 6.45) is 0.560. The maximum absolute atomic E-state index is 3.96. The van der Waals surface area contributed by atoms with Crippen LogP contribution in [-0.4, -0.2) is 49.7 Å². The second kappa shape index (κ2) is 8.93. The highest BCUT2D eigenvalue weighted by Crippen LogP contribution is 2.22. The predicted molar refractivity (Wildman–Crippen MR) is 91.6 cm³/mol.